The van der Waals surface area contributed by atoms with E-state index in [1.54, 1.807) is 12.1 Å². The first-order valence-electron chi connectivity index (χ1n) is 11.2. The maximum Gasteiger partial charge on any atom is 0.341 e. The van der Waals surface area contributed by atoms with Crippen LogP contribution in [-0.2, 0) is 24.0 Å². The molecule has 4 heterocycles. The van der Waals surface area contributed by atoms with E-state index in [1.807, 2.05) is 6.92 Å². The second kappa shape index (κ2) is 8.02. The van der Waals surface area contributed by atoms with E-state index in [0.29, 0.717) is 22.4 Å². The normalized spacial score (nSPS) is 42.6. The number of carbonyl (C=O) groups is 1. The second-order valence-electron chi connectivity index (χ2n) is 9.67. The molecular formula is C23H29ClO8. The Hall–Kier alpha value is -1.58. The van der Waals surface area contributed by atoms with Crippen molar-refractivity contribution in [3.05, 3.63) is 23.2 Å². The van der Waals surface area contributed by atoms with E-state index in [-0.39, 0.29) is 17.8 Å². The summed E-state index contributed by atoms with van der Waals surface area (Å²) in [7, 11) is 0. The Labute approximate surface area is 191 Å². The maximum absolute atomic E-state index is 10.7. The van der Waals surface area contributed by atoms with Crippen molar-refractivity contribution in [1.29, 1.82) is 0 Å². The summed E-state index contributed by atoms with van der Waals surface area (Å²) in [6, 6.07) is 4.82. The maximum atomic E-state index is 10.7. The average Bonchev–Trinajstić information content (AvgIpc) is 2.98. The summed E-state index contributed by atoms with van der Waals surface area (Å²) in [5, 5.41) is 9.09. The molecule has 0 aromatic heterocycles. The highest BCUT2D eigenvalue weighted by Crippen LogP contribution is 2.60. The molecule has 1 saturated carbocycles. The van der Waals surface area contributed by atoms with Gasteiger partial charge in [-0.1, -0.05) is 25.4 Å². The van der Waals surface area contributed by atoms with Gasteiger partial charge in [0.2, 0.25) is 12.1 Å². The first-order chi connectivity index (χ1) is 15.2. The highest BCUT2D eigenvalue weighted by Gasteiger charge is 2.69. The fourth-order valence-electron chi connectivity index (χ4n) is 5.94. The Bertz CT molecular complexity index is 895. The molecule has 1 aromatic rings. The minimum atomic E-state index is -1.06. The first kappa shape index (κ1) is 22.2. The molecule has 4 saturated heterocycles. The first-order valence-corrected chi connectivity index (χ1v) is 11.6. The number of halogens is 1. The lowest BCUT2D eigenvalue weighted by Gasteiger charge is -2.60. The molecule has 8 atom stereocenters. The van der Waals surface area contributed by atoms with Crippen molar-refractivity contribution in [2.45, 2.75) is 70.4 Å². The SMILES string of the molecule is C[C@H]1[C@@H](Oc2ccc(OCC(=O)O)cc2Cl)O[C@@H]2O[C@@]3(C)CC[C@H]4[C@H](C)CC[C@@H]1[C@@]24OO3. The standard InChI is InChI=1S/C23H29ClO8/c1-12-4-6-16-13(2)20(28-18-7-5-14(10-17(18)24)27-11-19(25)26)29-21-23(16)15(12)8-9-22(3,30-21)31-32-23/h5,7,10,12-13,15-16,20-21H,4,6,8-9,11H2,1-3H3,(H,25,26)/t12-,13-,15+,16+,20+,21-,22-,23-/m1/s1. The lowest BCUT2D eigenvalue weighted by Crippen LogP contribution is -2.70. The molecule has 32 heavy (non-hydrogen) atoms. The molecule has 1 aromatic carbocycles. The number of carboxylic acid groups (broad SMARTS) is 1. The zero-order valence-corrected chi connectivity index (χ0v) is 19.2. The fraction of sp³-hybridized carbons (Fsp3) is 0.696. The van der Waals surface area contributed by atoms with Crippen molar-refractivity contribution in [3.63, 3.8) is 0 Å². The number of ether oxygens (including phenoxy) is 4. The van der Waals surface area contributed by atoms with Gasteiger partial charge in [-0.25, -0.2) is 14.6 Å². The van der Waals surface area contributed by atoms with E-state index in [4.69, 9.17) is 45.4 Å². The third-order valence-electron chi connectivity index (χ3n) is 7.61. The Kier molecular flexibility index (Phi) is 5.57. The third kappa shape index (κ3) is 3.56. The number of aliphatic carboxylic acids is 1. The van der Waals surface area contributed by atoms with Gasteiger partial charge in [-0.3, -0.25) is 0 Å². The number of hydrogen-bond acceptors (Lipinski definition) is 7. The van der Waals surface area contributed by atoms with Crippen LogP contribution in [-0.4, -0.2) is 41.7 Å². The summed E-state index contributed by atoms with van der Waals surface area (Å²) < 4.78 is 24.2. The summed E-state index contributed by atoms with van der Waals surface area (Å²) in [4.78, 5) is 22.7. The van der Waals surface area contributed by atoms with Gasteiger partial charge in [0.25, 0.3) is 0 Å². The molecule has 176 valence electrons. The minimum absolute atomic E-state index is 0.00918. The molecule has 2 bridgehead atoms. The quantitative estimate of drug-likeness (QED) is 0.636. The fourth-order valence-corrected chi connectivity index (χ4v) is 6.16. The van der Waals surface area contributed by atoms with Gasteiger partial charge in [0.1, 0.15) is 11.5 Å². The molecule has 9 heteroatoms. The third-order valence-corrected chi connectivity index (χ3v) is 7.90. The van der Waals surface area contributed by atoms with Gasteiger partial charge in [-0.2, -0.15) is 0 Å². The Morgan fingerprint density at radius 1 is 1.22 bits per heavy atom. The van der Waals surface area contributed by atoms with Crippen molar-refractivity contribution in [2.75, 3.05) is 6.61 Å². The predicted molar refractivity (Wildman–Crippen MR) is 112 cm³/mol. The van der Waals surface area contributed by atoms with E-state index >= 15 is 0 Å². The van der Waals surface area contributed by atoms with E-state index < -0.39 is 36.5 Å². The molecular weight excluding hydrogens is 440 g/mol. The van der Waals surface area contributed by atoms with Crippen LogP contribution in [0.2, 0.25) is 5.02 Å². The molecule has 6 rings (SSSR count). The van der Waals surface area contributed by atoms with Crippen LogP contribution in [0.15, 0.2) is 18.2 Å². The van der Waals surface area contributed by atoms with Gasteiger partial charge in [0.15, 0.2) is 18.5 Å². The van der Waals surface area contributed by atoms with Crippen LogP contribution in [0.25, 0.3) is 0 Å². The van der Waals surface area contributed by atoms with Gasteiger partial charge < -0.3 is 24.1 Å². The zero-order valence-electron chi connectivity index (χ0n) is 18.4. The van der Waals surface area contributed by atoms with Crippen molar-refractivity contribution < 1.29 is 38.6 Å². The predicted octanol–water partition coefficient (Wildman–Crippen LogP) is 4.39. The summed E-state index contributed by atoms with van der Waals surface area (Å²) in [5.41, 5.74) is -0.648. The molecule has 0 unspecified atom stereocenters. The van der Waals surface area contributed by atoms with Crippen LogP contribution in [0.1, 0.15) is 46.5 Å². The molecule has 1 spiro atoms. The molecule has 0 amide bonds. The van der Waals surface area contributed by atoms with Crippen molar-refractivity contribution in [3.8, 4) is 11.5 Å². The summed E-state index contributed by atoms with van der Waals surface area (Å²) >= 11 is 6.40. The number of benzene rings is 1. The average molecular weight is 469 g/mol. The van der Waals surface area contributed by atoms with Gasteiger partial charge in [-0.15, -0.1) is 0 Å². The Balaban J connectivity index is 1.39. The van der Waals surface area contributed by atoms with Crippen LogP contribution < -0.4 is 9.47 Å². The van der Waals surface area contributed by atoms with Crippen molar-refractivity contribution in [2.24, 2.45) is 23.7 Å². The smallest absolute Gasteiger partial charge is 0.341 e. The van der Waals surface area contributed by atoms with E-state index in [9.17, 15) is 4.79 Å². The minimum Gasteiger partial charge on any atom is -0.482 e. The number of rotatable bonds is 5. The van der Waals surface area contributed by atoms with Gasteiger partial charge >= 0.3 is 5.97 Å². The van der Waals surface area contributed by atoms with Gasteiger partial charge in [-0.05, 0) is 50.2 Å². The van der Waals surface area contributed by atoms with E-state index in [0.717, 1.165) is 25.7 Å². The van der Waals surface area contributed by atoms with Crippen LogP contribution in [0.3, 0.4) is 0 Å². The summed E-state index contributed by atoms with van der Waals surface area (Å²) in [6.07, 6.45) is 2.62. The van der Waals surface area contributed by atoms with Crippen molar-refractivity contribution >= 4 is 17.6 Å². The van der Waals surface area contributed by atoms with Crippen LogP contribution in [0.4, 0.5) is 0 Å². The van der Waals surface area contributed by atoms with Gasteiger partial charge in [0.05, 0.1) is 5.02 Å². The van der Waals surface area contributed by atoms with E-state index in [1.165, 1.54) is 6.07 Å². The van der Waals surface area contributed by atoms with Crippen LogP contribution in [0, 0.1) is 23.7 Å². The number of hydrogen-bond donors (Lipinski definition) is 1. The largest absolute Gasteiger partial charge is 0.482 e. The highest BCUT2D eigenvalue weighted by molar-refractivity contribution is 6.32. The van der Waals surface area contributed by atoms with Crippen LogP contribution >= 0.6 is 11.6 Å². The van der Waals surface area contributed by atoms with E-state index in [2.05, 4.69) is 13.8 Å². The molecule has 8 nitrogen and oxygen atoms in total. The highest BCUT2D eigenvalue weighted by atomic mass is 35.5. The molecule has 1 aliphatic carbocycles. The molecule has 5 fully saturated rings. The second-order valence-corrected chi connectivity index (χ2v) is 10.1. The Morgan fingerprint density at radius 2 is 2.03 bits per heavy atom. The molecule has 1 N–H and O–H groups in total. The summed E-state index contributed by atoms with van der Waals surface area (Å²) in [5.74, 6) is -0.183. The number of fused-ring (bicyclic) bond motifs is 2. The lowest BCUT2D eigenvalue weighted by molar-refractivity contribution is -0.575. The topological polar surface area (TPSA) is 92.7 Å². The van der Waals surface area contributed by atoms with Gasteiger partial charge in [0, 0.05) is 24.3 Å². The molecule has 0 radical (unpaired) electrons. The number of carboxylic acids is 1. The monoisotopic (exact) mass is 468 g/mol. The molecule has 4 aliphatic heterocycles. The van der Waals surface area contributed by atoms with Crippen molar-refractivity contribution in [1.82, 2.24) is 0 Å². The lowest BCUT2D eigenvalue weighted by atomic mass is 9.58. The summed E-state index contributed by atoms with van der Waals surface area (Å²) in [6.45, 7) is 5.83. The Morgan fingerprint density at radius 3 is 2.78 bits per heavy atom. The zero-order chi connectivity index (χ0) is 22.7. The van der Waals surface area contributed by atoms with Crippen LogP contribution in [0.5, 0.6) is 11.5 Å². The molecule has 5 aliphatic rings.